The summed E-state index contributed by atoms with van der Waals surface area (Å²) in [5, 5.41) is 2.87. The summed E-state index contributed by atoms with van der Waals surface area (Å²) in [4.78, 5) is 24.9. The number of thiazole rings is 2. The summed E-state index contributed by atoms with van der Waals surface area (Å²) in [6.45, 7) is 5.08. The van der Waals surface area contributed by atoms with Gasteiger partial charge in [0.25, 0.3) is 0 Å². The second-order valence-electron chi connectivity index (χ2n) is 7.66. The Morgan fingerprint density at radius 3 is 3.03 bits per heavy atom. The predicted octanol–water partition coefficient (Wildman–Crippen LogP) is 4.89. The fourth-order valence-corrected chi connectivity index (χ4v) is 5.62. The van der Waals surface area contributed by atoms with Gasteiger partial charge in [0.05, 0.1) is 26.9 Å². The summed E-state index contributed by atoms with van der Waals surface area (Å²) in [6.07, 6.45) is 6.22. The number of carbonyl (C=O) groups is 1. The number of hydrogen-bond donors (Lipinski definition) is 1. The molecular weight excluding hydrogens is 416 g/mol. The monoisotopic (exact) mass is 444 g/mol. The molecule has 30 heavy (non-hydrogen) atoms. The van der Waals surface area contributed by atoms with Gasteiger partial charge in [-0.2, -0.15) is 0 Å². The Hall–Kier alpha value is -2.03. The van der Waals surface area contributed by atoms with Gasteiger partial charge in [0.1, 0.15) is 5.75 Å². The first-order chi connectivity index (χ1) is 14.7. The molecule has 2 heterocycles. The molecule has 0 saturated carbocycles. The van der Waals surface area contributed by atoms with E-state index in [9.17, 15) is 4.79 Å². The molecule has 4 rings (SSSR count). The number of benzene rings is 1. The third-order valence-electron chi connectivity index (χ3n) is 5.54. The van der Waals surface area contributed by atoms with Gasteiger partial charge >= 0.3 is 6.09 Å². The number of aryl methyl sites for hydroxylation is 1. The number of aromatic nitrogens is 2. The predicted molar refractivity (Wildman–Crippen MR) is 123 cm³/mol. The van der Waals surface area contributed by atoms with Crippen molar-refractivity contribution in [1.82, 2.24) is 20.2 Å². The highest BCUT2D eigenvalue weighted by molar-refractivity contribution is 7.16. The zero-order valence-electron chi connectivity index (χ0n) is 17.3. The van der Waals surface area contributed by atoms with Crippen molar-refractivity contribution in [2.75, 3.05) is 19.6 Å². The van der Waals surface area contributed by atoms with E-state index in [4.69, 9.17) is 4.74 Å². The lowest BCUT2D eigenvalue weighted by Gasteiger charge is -2.33. The number of hydrogen-bond acceptors (Lipinski definition) is 7. The van der Waals surface area contributed by atoms with Crippen LogP contribution in [0.1, 0.15) is 43.2 Å². The molecule has 0 spiro atoms. The molecular formula is C22H28N4O2S2. The zero-order valence-corrected chi connectivity index (χ0v) is 18.9. The van der Waals surface area contributed by atoms with Gasteiger partial charge in [0.15, 0.2) is 0 Å². The van der Waals surface area contributed by atoms with Crippen molar-refractivity contribution in [3.05, 3.63) is 39.8 Å². The van der Waals surface area contributed by atoms with Gasteiger partial charge in [0, 0.05) is 23.5 Å². The van der Waals surface area contributed by atoms with Gasteiger partial charge in [-0.05, 0) is 63.7 Å². The molecule has 160 valence electrons. The van der Waals surface area contributed by atoms with E-state index in [0.717, 1.165) is 49.0 Å². The maximum atomic E-state index is 12.1. The molecule has 1 amide bonds. The maximum absolute atomic E-state index is 12.1. The highest BCUT2D eigenvalue weighted by atomic mass is 32.1. The molecule has 1 aliphatic carbocycles. The minimum atomic E-state index is -0.394. The van der Waals surface area contributed by atoms with Gasteiger partial charge < -0.3 is 15.0 Å². The van der Waals surface area contributed by atoms with Crippen molar-refractivity contribution >= 4 is 39.0 Å². The van der Waals surface area contributed by atoms with Crippen molar-refractivity contribution in [2.45, 2.75) is 51.5 Å². The van der Waals surface area contributed by atoms with E-state index in [1.54, 1.807) is 22.9 Å². The molecule has 1 aromatic carbocycles. The average molecular weight is 445 g/mol. The fourth-order valence-electron chi connectivity index (χ4n) is 4.03. The van der Waals surface area contributed by atoms with E-state index < -0.39 is 6.09 Å². The molecule has 6 nitrogen and oxygen atoms in total. The quantitative estimate of drug-likeness (QED) is 0.476. The molecule has 8 heteroatoms. The largest absolute Gasteiger partial charge is 0.412 e. The molecule has 1 N–H and O–H groups in total. The highest BCUT2D eigenvalue weighted by Crippen LogP contribution is 2.27. The zero-order chi connectivity index (χ0) is 20.8. The van der Waals surface area contributed by atoms with E-state index in [0.29, 0.717) is 18.3 Å². The number of rotatable bonds is 9. The SMILES string of the molecule is CCCN(CCCCNC(=O)Oc1ccc2ncsc2c1)C1CCc2ncsc2C1. The third-order valence-corrected chi connectivity index (χ3v) is 7.23. The maximum Gasteiger partial charge on any atom is 0.412 e. The Morgan fingerprint density at radius 2 is 2.13 bits per heavy atom. The first kappa shape index (κ1) is 21.2. The topological polar surface area (TPSA) is 67.4 Å². The Morgan fingerprint density at radius 1 is 1.23 bits per heavy atom. The lowest BCUT2D eigenvalue weighted by molar-refractivity contribution is 0.176. The first-order valence-corrected chi connectivity index (χ1v) is 12.4. The van der Waals surface area contributed by atoms with Crippen molar-refractivity contribution < 1.29 is 9.53 Å². The van der Waals surface area contributed by atoms with Crippen LogP contribution in [0.4, 0.5) is 4.79 Å². The van der Waals surface area contributed by atoms with E-state index in [1.165, 1.54) is 34.7 Å². The lowest BCUT2D eigenvalue weighted by atomic mass is 9.96. The molecule has 0 bridgehead atoms. The van der Waals surface area contributed by atoms with Gasteiger partial charge in [-0.25, -0.2) is 14.8 Å². The molecule has 1 unspecified atom stereocenters. The standard InChI is InChI=1S/C22H28N4O2S2/c1-2-10-26(16-5-7-18-20(12-16)29-14-24-18)11-4-3-9-23-22(27)28-17-6-8-19-21(13-17)30-15-25-19/h6,8,13-16H,2-5,7,9-12H2,1H3,(H,23,27). The first-order valence-electron chi connectivity index (χ1n) is 10.7. The van der Waals surface area contributed by atoms with Crippen LogP contribution in [0.2, 0.25) is 0 Å². The van der Waals surface area contributed by atoms with E-state index in [2.05, 4.69) is 27.1 Å². The lowest BCUT2D eigenvalue weighted by Crippen LogP contribution is -2.40. The van der Waals surface area contributed by atoms with Crippen molar-refractivity contribution in [3.8, 4) is 5.75 Å². The molecule has 0 saturated heterocycles. The number of fused-ring (bicyclic) bond motifs is 2. The normalized spacial score (nSPS) is 16.0. The second-order valence-corrected chi connectivity index (χ2v) is 9.49. The van der Waals surface area contributed by atoms with Crippen LogP contribution in [0.3, 0.4) is 0 Å². The Bertz CT molecular complexity index is 971. The molecule has 1 atom stereocenters. The van der Waals surface area contributed by atoms with E-state index in [-0.39, 0.29) is 0 Å². The molecule has 3 aromatic rings. The minimum absolute atomic E-state index is 0.394. The summed E-state index contributed by atoms with van der Waals surface area (Å²) >= 11 is 3.34. The number of ether oxygens (including phenoxy) is 1. The van der Waals surface area contributed by atoms with Crippen LogP contribution in [0, 0.1) is 0 Å². The smallest absolute Gasteiger partial charge is 0.410 e. The molecule has 2 aromatic heterocycles. The van der Waals surface area contributed by atoms with Gasteiger partial charge in [-0.15, -0.1) is 22.7 Å². The molecule has 0 radical (unpaired) electrons. The van der Waals surface area contributed by atoms with E-state index in [1.807, 2.05) is 17.6 Å². The van der Waals surface area contributed by atoms with Crippen molar-refractivity contribution in [1.29, 1.82) is 0 Å². The summed E-state index contributed by atoms with van der Waals surface area (Å²) in [5.41, 5.74) is 6.01. The molecule has 1 aliphatic rings. The van der Waals surface area contributed by atoms with Crippen molar-refractivity contribution in [3.63, 3.8) is 0 Å². The summed E-state index contributed by atoms with van der Waals surface area (Å²) in [5.74, 6) is 0.554. The molecule has 0 fully saturated rings. The number of amides is 1. The third kappa shape index (κ3) is 5.36. The average Bonchev–Trinajstić information content (AvgIpc) is 3.41. The van der Waals surface area contributed by atoms with Crippen LogP contribution in [-0.4, -0.2) is 46.6 Å². The highest BCUT2D eigenvalue weighted by Gasteiger charge is 2.25. The Balaban J connectivity index is 1.17. The molecule has 0 aliphatic heterocycles. The Kier molecular flexibility index (Phi) is 7.30. The van der Waals surface area contributed by atoms with Crippen LogP contribution in [-0.2, 0) is 12.8 Å². The van der Waals surface area contributed by atoms with Crippen LogP contribution in [0.25, 0.3) is 10.2 Å². The van der Waals surface area contributed by atoms with E-state index >= 15 is 0 Å². The fraction of sp³-hybridized carbons (Fsp3) is 0.500. The number of unbranched alkanes of at least 4 members (excludes halogenated alkanes) is 1. The number of nitrogens with one attached hydrogen (secondary N) is 1. The summed E-state index contributed by atoms with van der Waals surface area (Å²) < 4.78 is 6.41. The van der Waals surface area contributed by atoms with Crippen molar-refractivity contribution in [2.24, 2.45) is 0 Å². The summed E-state index contributed by atoms with van der Waals surface area (Å²) in [7, 11) is 0. The van der Waals surface area contributed by atoms with Gasteiger partial charge in [-0.3, -0.25) is 0 Å². The minimum Gasteiger partial charge on any atom is -0.410 e. The van der Waals surface area contributed by atoms with Crippen LogP contribution < -0.4 is 10.1 Å². The van der Waals surface area contributed by atoms with Crippen LogP contribution >= 0.6 is 22.7 Å². The van der Waals surface area contributed by atoms with Crippen LogP contribution in [0.5, 0.6) is 5.75 Å². The number of carbonyl (C=O) groups excluding carboxylic acids is 1. The van der Waals surface area contributed by atoms with Gasteiger partial charge in [0.2, 0.25) is 0 Å². The summed E-state index contributed by atoms with van der Waals surface area (Å²) in [6, 6.07) is 6.13. The number of nitrogens with zero attached hydrogens (tertiary/aromatic N) is 3. The van der Waals surface area contributed by atoms with Gasteiger partial charge in [-0.1, -0.05) is 6.92 Å². The second kappa shape index (κ2) is 10.3. The van der Waals surface area contributed by atoms with Crippen LogP contribution in [0.15, 0.2) is 29.2 Å². The Labute approximate surface area is 185 Å².